The number of nitrogens with zero attached hydrogens (tertiary/aromatic N) is 1. The van der Waals surface area contributed by atoms with Gasteiger partial charge in [-0.2, -0.15) is 0 Å². The highest BCUT2D eigenvalue weighted by Gasteiger charge is 2.29. The molecule has 2 aromatic carbocycles. The van der Waals surface area contributed by atoms with Gasteiger partial charge >= 0.3 is 0 Å². The van der Waals surface area contributed by atoms with Gasteiger partial charge in [0, 0.05) is 41.7 Å². The number of halogens is 1. The Morgan fingerprint density at radius 3 is 2.88 bits per heavy atom. The zero-order valence-corrected chi connectivity index (χ0v) is 14.3. The van der Waals surface area contributed by atoms with E-state index in [1.165, 1.54) is 6.07 Å². The molecule has 0 atom stereocenters. The van der Waals surface area contributed by atoms with Crippen molar-refractivity contribution in [1.82, 2.24) is 9.88 Å². The minimum atomic E-state index is -0.258. The van der Waals surface area contributed by atoms with E-state index in [0.717, 1.165) is 41.4 Å². The highest BCUT2D eigenvalue weighted by molar-refractivity contribution is 5.97. The van der Waals surface area contributed by atoms with E-state index in [9.17, 15) is 9.18 Å². The normalized spacial score (nSPS) is 16.6. The Balaban J connectivity index is 1.46. The maximum absolute atomic E-state index is 13.7. The topological polar surface area (TPSA) is 45.3 Å². The Kier molecular flexibility index (Phi) is 3.48. The van der Waals surface area contributed by atoms with Crippen molar-refractivity contribution in [2.24, 2.45) is 0 Å². The van der Waals surface area contributed by atoms with E-state index in [1.54, 1.807) is 12.1 Å². The number of ether oxygens (including phenoxy) is 1. The van der Waals surface area contributed by atoms with Crippen molar-refractivity contribution in [3.05, 3.63) is 65.1 Å². The molecule has 4 nitrogen and oxygen atoms in total. The van der Waals surface area contributed by atoms with Crippen molar-refractivity contribution in [2.45, 2.75) is 31.9 Å². The lowest BCUT2D eigenvalue weighted by molar-refractivity contribution is 0.0730. The minimum Gasteiger partial charge on any atom is -0.490 e. The van der Waals surface area contributed by atoms with Crippen LogP contribution in [0.4, 0.5) is 4.39 Å². The molecule has 26 heavy (non-hydrogen) atoms. The Labute approximate surface area is 150 Å². The number of fused-ring (bicyclic) bond motifs is 3. The van der Waals surface area contributed by atoms with Crippen LogP contribution < -0.4 is 4.74 Å². The van der Waals surface area contributed by atoms with E-state index in [4.69, 9.17) is 4.74 Å². The third-order valence-corrected chi connectivity index (χ3v) is 5.16. The first-order chi connectivity index (χ1) is 12.7. The fraction of sp³-hybridized carbons (Fsp3) is 0.286. The quantitative estimate of drug-likeness (QED) is 0.775. The summed E-state index contributed by atoms with van der Waals surface area (Å²) in [5.41, 5.74) is 3.63. The summed E-state index contributed by atoms with van der Waals surface area (Å²) in [6.45, 7) is 1.12. The summed E-state index contributed by atoms with van der Waals surface area (Å²) in [5.74, 6) is 0.374. The molecule has 1 saturated carbocycles. The van der Waals surface area contributed by atoms with Crippen molar-refractivity contribution in [3.63, 3.8) is 0 Å². The first-order valence-corrected chi connectivity index (χ1v) is 9.03. The van der Waals surface area contributed by atoms with Gasteiger partial charge in [-0.1, -0.05) is 12.1 Å². The number of aromatic nitrogens is 1. The maximum atomic E-state index is 13.7. The number of benzene rings is 2. The molecule has 0 radical (unpaired) electrons. The van der Waals surface area contributed by atoms with Gasteiger partial charge in [-0.15, -0.1) is 0 Å². The molecule has 0 saturated heterocycles. The van der Waals surface area contributed by atoms with E-state index in [0.29, 0.717) is 24.4 Å². The van der Waals surface area contributed by atoms with Gasteiger partial charge in [-0.3, -0.25) is 4.79 Å². The Bertz CT molecular complexity index is 1010. The molecular formula is C21H19FN2O2. The summed E-state index contributed by atoms with van der Waals surface area (Å²) in [7, 11) is 0. The smallest absolute Gasteiger partial charge is 0.257 e. The number of para-hydroxylation sites is 1. The van der Waals surface area contributed by atoms with Crippen LogP contribution >= 0.6 is 0 Å². The summed E-state index contributed by atoms with van der Waals surface area (Å²) in [6.07, 6.45) is 3.09. The molecule has 1 aliphatic heterocycles. The van der Waals surface area contributed by atoms with E-state index in [2.05, 4.69) is 4.98 Å². The van der Waals surface area contributed by atoms with E-state index >= 15 is 0 Å². The number of carbonyl (C=O) groups is 1. The second-order valence-electron chi connectivity index (χ2n) is 7.06. The molecule has 0 bridgehead atoms. The standard InChI is InChI=1S/C21H19FN2O2/c22-13-5-8-18-16(11-13)17-12-24(10-9-19(17)23-18)21(25)15-3-1-2-4-20(15)26-14-6-7-14/h1-5,8,11,14,23H,6-7,9-10,12H2. The molecule has 132 valence electrons. The lowest BCUT2D eigenvalue weighted by atomic mass is 10.0. The van der Waals surface area contributed by atoms with Crippen LogP contribution in [0, 0.1) is 5.82 Å². The van der Waals surface area contributed by atoms with Gasteiger partial charge < -0.3 is 14.6 Å². The number of hydrogen-bond donors (Lipinski definition) is 1. The summed E-state index contributed by atoms with van der Waals surface area (Å²) in [4.78, 5) is 18.3. The zero-order valence-electron chi connectivity index (χ0n) is 14.3. The zero-order chi connectivity index (χ0) is 17.7. The third-order valence-electron chi connectivity index (χ3n) is 5.16. The Hall–Kier alpha value is -2.82. The number of carbonyl (C=O) groups excluding carboxylic acids is 1. The molecule has 1 N–H and O–H groups in total. The number of rotatable bonds is 3. The molecule has 1 fully saturated rings. The fourth-order valence-electron chi connectivity index (χ4n) is 3.64. The molecule has 2 heterocycles. The molecule has 5 heteroatoms. The van der Waals surface area contributed by atoms with Crippen LogP contribution in [-0.4, -0.2) is 28.4 Å². The van der Waals surface area contributed by atoms with Crippen LogP contribution in [0.25, 0.3) is 10.9 Å². The highest BCUT2D eigenvalue weighted by Crippen LogP contribution is 2.32. The van der Waals surface area contributed by atoms with Crippen molar-refractivity contribution >= 4 is 16.8 Å². The van der Waals surface area contributed by atoms with Crippen LogP contribution in [0.1, 0.15) is 34.5 Å². The van der Waals surface area contributed by atoms with E-state index < -0.39 is 0 Å². The summed E-state index contributed by atoms with van der Waals surface area (Å²) in [5, 5.41) is 0.861. The summed E-state index contributed by atoms with van der Waals surface area (Å²) < 4.78 is 19.6. The number of nitrogens with one attached hydrogen (secondary N) is 1. The molecule has 3 aromatic rings. The predicted octanol–water partition coefficient (Wildman–Crippen LogP) is 4.05. The van der Waals surface area contributed by atoms with Crippen LogP contribution in [0.3, 0.4) is 0 Å². The van der Waals surface area contributed by atoms with Crippen molar-refractivity contribution in [2.75, 3.05) is 6.54 Å². The molecule has 5 rings (SSSR count). The molecule has 0 unspecified atom stereocenters. The average molecular weight is 350 g/mol. The highest BCUT2D eigenvalue weighted by atomic mass is 19.1. The molecule has 2 aliphatic rings. The van der Waals surface area contributed by atoms with Crippen LogP contribution in [0.2, 0.25) is 0 Å². The third kappa shape index (κ3) is 2.64. The number of H-pyrrole nitrogens is 1. The van der Waals surface area contributed by atoms with Crippen LogP contribution in [0.5, 0.6) is 5.75 Å². The fourth-order valence-corrected chi connectivity index (χ4v) is 3.64. The van der Waals surface area contributed by atoms with Crippen molar-refractivity contribution < 1.29 is 13.9 Å². The second kappa shape index (κ2) is 5.87. The monoisotopic (exact) mass is 350 g/mol. The van der Waals surface area contributed by atoms with Gasteiger partial charge in [0.05, 0.1) is 11.7 Å². The average Bonchev–Trinajstić information content (AvgIpc) is 3.40. The lowest BCUT2D eigenvalue weighted by Gasteiger charge is -2.28. The van der Waals surface area contributed by atoms with Gasteiger partial charge in [0.2, 0.25) is 0 Å². The number of aromatic amines is 1. The molecule has 1 amide bonds. The van der Waals surface area contributed by atoms with E-state index in [1.807, 2.05) is 29.2 Å². The summed E-state index contributed by atoms with van der Waals surface area (Å²) >= 11 is 0. The second-order valence-corrected chi connectivity index (χ2v) is 7.06. The predicted molar refractivity (Wildman–Crippen MR) is 96.8 cm³/mol. The van der Waals surface area contributed by atoms with Crippen LogP contribution in [-0.2, 0) is 13.0 Å². The van der Waals surface area contributed by atoms with Crippen LogP contribution in [0.15, 0.2) is 42.5 Å². The van der Waals surface area contributed by atoms with Gasteiger partial charge in [-0.05, 0) is 43.2 Å². The molecule has 1 aliphatic carbocycles. The lowest BCUT2D eigenvalue weighted by Crippen LogP contribution is -2.36. The van der Waals surface area contributed by atoms with Gasteiger partial charge in [-0.25, -0.2) is 4.39 Å². The number of amides is 1. The molecular weight excluding hydrogens is 331 g/mol. The van der Waals surface area contributed by atoms with Crippen molar-refractivity contribution in [1.29, 1.82) is 0 Å². The molecule has 0 spiro atoms. The SMILES string of the molecule is O=C(c1ccccc1OC1CC1)N1CCc2[nH]c3ccc(F)cc3c2C1. The van der Waals surface area contributed by atoms with Gasteiger partial charge in [0.1, 0.15) is 11.6 Å². The van der Waals surface area contributed by atoms with Gasteiger partial charge in [0.15, 0.2) is 0 Å². The largest absolute Gasteiger partial charge is 0.490 e. The summed E-state index contributed by atoms with van der Waals surface area (Å²) in [6, 6.07) is 12.2. The first kappa shape index (κ1) is 15.4. The minimum absolute atomic E-state index is 0.0300. The van der Waals surface area contributed by atoms with Crippen molar-refractivity contribution in [3.8, 4) is 5.75 Å². The number of hydrogen-bond acceptors (Lipinski definition) is 2. The van der Waals surface area contributed by atoms with Gasteiger partial charge in [0.25, 0.3) is 5.91 Å². The first-order valence-electron chi connectivity index (χ1n) is 9.03. The Morgan fingerprint density at radius 2 is 2.04 bits per heavy atom. The maximum Gasteiger partial charge on any atom is 0.257 e. The van der Waals surface area contributed by atoms with E-state index in [-0.39, 0.29) is 17.8 Å². The molecule has 1 aromatic heterocycles. The Morgan fingerprint density at radius 1 is 1.19 bits per heavy atom.